The first-order chi connectivity index (χ1) is 17.4. The molecule has 0 radical (unpaired) electrons. The number of hydrogen-bond donors (Lipinski definition) is 2. The molecule has 4 aromatic rings. The lowest BCUT2D eigenvalue weighted by atomic mass is 10.0. The molecule has 1 aliphatic heterocycles. The summed E-state index contributed by atoms with van der Waals surface area (Å²) in [6.45, 7) is 0. The van der Waals surface area contributed by atoms with Crippen LogP contribution in [0, 0.1) is 0 Å². The van der Waals surface area contributed by atoms with Gasteiger partial charge in [-0.05, 0) is 60.7 Å². The second kappa shape index (κ2) is 9.63. The quantitative estimate of drug-likeness (QED) is 0.349. The van der Waals surface area contributed by atoms with E-state index in [9.17, 15) is 8.42 Å². The summed E-state index contributed by atoms with van der Waals surface area (Å²) in [6.07, 6.45) is 4.90. The molecule has 10 heteroatoms. The van der Waals surface area contributed by atoms with Crippen LogP contribution in [0.1, 0.15) is 23.5 Å². The minimum Gasteiger partial charge on any atom is -0.494 e. The SMILES string of the molecule is COc1cc(N2C(=S)NC(c3ccccn3)C2c2cccn2-c2ccccc2)ccc1NS(C)(=O)=O. The standard InChI is InChI=1S/C26H25N5O3S2/c1-34-23-17-19(13-14-20(23)29-36(2,32)33)31-25(24(28-26(31)35)21-11-6-7-15-27-21)22-12-8-16-30(22)18-9-4-3-5-10-18/h3-17,24-25,29H,1-2H3,(H,28,35). The average Bonchev–Trinajstić information content (AvgIpc) is 3.49. The Hall–Kier alpha value is -3.89. The summed E-state index contributed by atoms with van der Waals surface area (Å²) in [7, 11) is -1.97. The summed E-state index contributed by atoms with van der Waals surface area (Å²) in [5.74, 6) is 0.388. The van der Waals surface area contributed by atoms with E-state index in [-0.39, 0.29) is 12.1 Å². The first kappa shape index (κ1) is 23.8. The highest BCUT2D eigenvalue weighted by atomic mass is 32.2. The minimum absolute atomic E-state index is 0.226. The highest BCUT2D eigenvalue weighted by Crippen LogP contribution is 2.43. The van der Waals surface area contributed by atoms with Crippen LogP contribution in [0.4, 0.5) is 11.4 Å². The number of methoxy groups -OCH3 is 1. The number of hydrogen-bond acceptors (Lipinski definition) is 5. The molecule has 0 bridgehead atoms. The van der Waals surface area contributed by atoms with Crippen LogP contribution in [0.3, 0.4) is 0 Å². The lowest BCUT2D eigenvalue weighted by molar-refractivity contribution is 0.417. The zero-order valence-electron chi connectivity index (χ0n) is 19.7. The molecule has 2 aromatic carbocycles. The van der Waals surface area contributed by atoms with Crippen molar-refractivity contribution in [2.75, 3.05) is 23.0 Å². The van der Waals surface area contributed by atoms with Crippen molar-refractivity contribution in [2.45, 2.75) is 12.1 Å². The van der Waals surface area contributed by atoms with Crippen molar-refractivity contribution in [1.82, 2.24) is 14.9 Å². The van der Waals surface area contributed by atoms with Gasteiger partial charge in [-0.3, -0.25) is 9.71 Å². The number of benzene rings is 2. The van der Waals surface area contributed by atoms with Crippen molar-refractivity contribution >= 4 is 38.7 Å². The number of para-hydroxylation sites is 1. The summed E-state index contributed by atoms with van der Waals surface area (Å²) in [4.78, 5) is 6.64. The van der Waals surface area contributed by atoms with Crippen LogP contribution in [0.2, 0.25) is 0 Å². The Labute approximate surface area is 215 Å². The number of pyridine rings is 1. The second-order valence-electron chi connectivity index (χ2n) is 8.39. The van der Waals surface area contributed by atoms with E-state index in [4.69, 9.17) is 17.0 Å². The van der Waals surface area contributed by atoms with Gasteiger partial charge < -0.3 is 19.5 Å². The van der Waals surface area contributed by atoms with Crippen LogP contribution >= 0.6 is 12.2 Å². The highest BCUT2D eigenvalue weighted by Gasteiger charge is 2.42. The van der Waals surface area contributed by atoms with E-state index < -0.39 is 10.0 Å². The van der Waals surface area contributed by atoms with Gasteiger partial charge in [0.05, 0.1) is 30.8 Å². The largest absolute Gasteiger partial charge is 0.494 e. The van der Waals surface area contributed by atoms with Gasteiger partial charge in [0.2, 0.25) is 10.0 Å². The molecule has 1 aliphatic rings. The van der Waals surface area contributed by atoms with Crippen LogP contribution < -0.4 is 19.7 Å². The molecule has 0 aliphatic carbocycles. The second-order valence-corrected chi connectivity index (χ2v) is 10.5. The van der Waals surface area contributed by atoms with E-state index >= 15 is 0 Å². The van der Waals surface area contributed by atoms with E-state index in [0.29, 0.717) is 16.5 Å². The number of thiocarbonyl (C=S) groups is 1. The van der Waals surface area contributed by atoms with E-state index in [1.54, 1.807) is 18.3 Å². The molecule has 1 saturated heterocycles. The Bertz CT molecular complexity index is 1490. The molecule has 184 valence electrons. The Kier molecular flexibility index (Phi) is 6.38. The first-order valence-electron chi connectivity index (χ1n) is 11.2. The Morgan fingerprint density at radius 2 is 1.78 bits per heavy atom. The molecule has 0 saturated carbocycles. The number of aromatic nitrogens is 2. The minimum atomic E-state index is -3.47. The van der Waals surface area contributed by atoms with Gasteiger partial charge in [-0.15, -0.1) is 0 Å². The number of nitrogens with zero attached hydrogens (tertiary/aromatic N) is 3. The van der Waals surface area contributed by atoms with Crippen molar-refractivity contribution < 1.29 is 13.2 Å². The third-order valence-corrected chi connectivity index (χ3v) is 6.88. The molecular formula is C26H25N5O3S2. The lowest BCUT2D eigenvalue weighted by Crippen LogP contribution is -2.30. The van der Waals surface area contributed by atoms with Gasteiger partial charge in [-0.25, -0.2) is 8.42 Å². The number of anilines is 2. The van der Waals surface area contributed by atoms with Crippen molar-refractivity contribution in [2.24, 2.45) is 0 Å². The van der Waals surface area contributed by atoms with Gasteiger partial charge >= 0.3 is 0 Å². The van der Waals surface area contributed by atoms with Gasteiger partial charge in [-0.1, -0.05) is 24.3 Å². The zero-order chi connectivity index (χ0) is 25.3. The Morgan fingerprint density at radius 1 is 1.00 bits per heavy atom. The summed E-state index contributed by atoms with van der Waals surface area (Å²) in [5, 5.41) is 3.99. The van der Waals surface area contributed by atoms with Crippen molar-refractivity contribution in [3.63, 3.8) is 0 Å². The van der Waals surface area contributed by atoms with E-state index in [1.165, 1.54) is 7.11 Å². The lowest BCUT2D eigenvalue weighted by Gasteiger charge is -2.29. The molecule has 8 nitrogen and oxygen atoms in total. The molecule has 3 heterocycles. The topological polar surface area (TPSA) is 88.5 Å². The third-order valence-electron chi connectivity index (χ3n) is 5.97. The number of rotatable bonds is 7. The van der Waals surface area contributed by atoms with Crippen LogP contribution in [-0.4, -0.2) is 36.4 Å². The first-order valence-corrected chi connectivity index (χ1v) is 13.5. The van der Waals surface area contributed by atoms with Gasteiger partial charge in [0.15, 0.2) is 5.11 Å². The fraction of sp³-hybridized carbons (Fsp3) is 0.154. The van der Waals surface area contributed by atoms with Crippen LogP contribution in [0.15, 0.2) is 91.3 Å². The van der Waals surface area contributed by atoms with Crippen LogP contribution in [-0.2, 0) is 10.0 Å². The maximum absolute atomic E-state index is 11.8. The molecule has 2 aromatic heterocycles. The van der Waals surface area contributed by atoms with Gasteiger partial charge in [0, 0.05) is 35.5 Å². The predicted molar refractivity (Wildman–Crippen MR) is 145 cm³/mol. The smallest absolute Gasteiger partial charge is 0.229 e. The molecule has 0 spiro atoms. The maximum atomic E-state index is 11.8. The van der Waals surface area contributed by atoms with Crippen molar-refractivity contribution in [1.29, 1.82) is 0 Å². The van der Waals surface area contributed by atoms with E-state index in [1.807, 2.05) is 59.6 Å². The third kappa shape index (κ3) is 4.65. The maximum Gasteiger partial charge on any atom is 0.229 e. The summed E-state index contributed by atoms with van der Waals surface area (Å²) in [5.41, 5.74) is 4.01. The average molecular weight is 520 g/mol. The molecular weight excluding hydrogens is 494 g/mol. The van der Waals surface area contributed by atoms with E-state index in [2.05, 4.69) is 37.8 Å². The van der Waals surface area contributed by atoms with Gasteiger partial charge in [0.25, 0.3) is 0 Å². The fourth-order valence-electron chi connectivity index (χ4n) is 4.51. The zero-order valence-corrected chi connectivity index (χ0v) is 21.3. The van der Waals surface area contributed by atoms with Crippen LogP contribution in [0.5, 0.6) is 5.75 Å². The fourth-order valence-corrected chi connectivity index (χ4v) is 5.42. The van der Waals surface area contributed by atoms with Gasteiger partial charge in [0.1, 0.15) is 11.8 Å². The molecule has 36 heavy (non-hydrogen) atoms. The number of ether oxygens (including phenoxy) is 1. The summed E-state index contributed by atoms with van der Waals surface area (Å²) >= 11 is 5.84. The van der Waals surface area contributed by atoms with Gasteiger partial charge in [-0.2, -0.15) is 0 Å². The molecule has 2 unspecified atom stereocenters. The molecule has 2 N–H and O–H groups in total. The van der Waals surface area contributed by atoms with E-state index in [0.717, 1.165) is 29.0 Å². The molecule has 5 rings (SSSR count). The predicted octanol–water partition coefficient (Wildman–Crippen LogP) is 4.43. The number of sulfonamides is 1. The van der Waals surface area contributed by atoms with Crippen molar-refractivity contribution in [3.8, 4) is 11.4 Å². The molecule has 0 amide bonds. The summed E-state index contributed by atoms with van der Waals surface area (Å²) < 4.78 is 33.8. The normalized spacial score (nSPS) is 17.6. The molecule has 2 atom stereocenters. The highest BCUT2D eigenvalue weighted by molar-refractivity contribution is 7.92. The summed E-state index contributed by atoms with van der Waals surface area (Å²) in [6, 6.07) is 24.8. The molecule has 1 fully saturated rings. The number of nitrogens with one attached hydrogen (secondary N) is 2. The van der Waals surface area contributed by atoms with Crippen LogP contribution in [0.25, 0.3) is 5.69 Å². The monoisotopic (exact) mass is 519 g/mol. The van der Waals surface area contributed by atoms with Crippen molar-refractivity contribution in [3.05, 3.63) is 103 Å². The Morgan fingerprint density at radius 3 is 2.47 bits per heavy atom. The Balaban J connectivity index is 1.64.